The van der Waals surface area contributed by atoms with E-state index in [-0.39, 0.29) is 0 Å². The predicted octanol–water partition coefficient (Wildman–Crippen LogP) is 7.61. The number of hydrogen-bond acceptors (Lipinski definition) is 1. The molecule has 0 N–H and O–H groups in total. The minimum Gasteiger partial charge on any atom is -0.377 e. The first kappa shape index (κ1) is 23.0. The van der Waals surface area contributed by atoms with E-state index in [1.807, 2.05) is 6.92 Å². The summed E-state index contributed by atoms with van der Waals surface area (Å²) < 4.78 is 5.62. The molecule has 3 aromatic carbocycles. The topological polar surface area (TPSA) is 9.23 Å². The van der Waals surface area contributed by atoms with Crippen LogP contribution in [0.2, 0.25) is 0 Å². The maximum absolute atomic E-state index is 5.62. The minimum absolute atomic E-state index is 0.714. The number of allylic oxidation sites excluding steroid dienone is 1. The van der Waals surface area contributed by atoms with Crippen LogP contribution in [0.3, 0.4) is 0 Å². The fraction of sp³-hybridized carbons (Fsp3) is 0.333. The van der Waals surface area contributed by atoms with Crippen molar-refractivity contribution in [3.8, 4) is 0 Å². The number of benzene rings is 3. The molecule has 162 valence electrons. The monoisotopic (exact) mass is 412 g/mol. The van der Waals surface area contributed by atoms with E-state index in [1.54, 1.807) is 0 Å². The van der Waals surface area contributed by atoms with E-state index in [0.29, 0.717) is 6.61 Å². The fourth-order valence-corrected chi connectivity index (χ4v) is 3.95. The van der Waals surface area contributed by atoms with Crippen LogP contribution >= 0.6 is 0 Å². The first-order chi connectivity index (χ1) is 15.3. The van der Waals surface area contributed by atoms with Crippen molar-refractivity contribution in [3.05, 3.63) is 112 Å². The van der Waals surface area contributed by atoms with Gasteiger partial charge in [0, 0.05) is 6.61 Å². The lowest BCUT2D eigenvalue weighted by Crippen LogP contribution is -2.00. The standard InChI is InChI=1S/C30H36O/c1-3-9-25-14-16-26(17-15-25)10-5-6-11-27-18-20-28(21-19-27)22-23-29-12-7-8-13-30(29)24-31-4-2/h3,7-9,12-21H,4-6,10-11,22-24H2,1-2H3/b9-3-. The summed E-state index contributed by atoms with van der Waals surface area (Å²) in [7, 11) is 0. The summed E-state index contributed by atoms with van der Waals surface area (Å²) in [6.07, 6.45) is 11.2. The molecule has 31 heavy (non-hydrogen) atoms. The minimum atomic E-state index is 0.714. The van der Waals surface area contributed by atoms with E-state index >= 15 is 0 Å². The summed E-state index contributed by atoms with van der Waals surface area (Å²) in [5.41, 5.74) is 8.30. The summed E-state index contributed by atoms with van der Waals surface area (Å²) in [6, 6.07) is 26.8. The second kappa shape index (κ2) is 12.9. The van der Waals surface area contributed by atoms with Gasteiger partial charge >= 0.3 is 0 Å². The van der Waals surface area contributed by atoms with Crippen molar-refractivity contribution >= 4 is 6.08 Å². The lowest BCUT2D eigenvalue weighted by molar-refractivity contribution is 0.133. The van der Waals surface area contributed by atoms with Crippen molar-refractivity contribution in [3.63, 3.8) is 0 Å². The molecule has 0 aliphatic rings. The highest BCUT2D eigenvalue weighted by molar-refractivity contribution is 5.49. The summed E-state index contributed by atoms with van der Waals surface area (Å²) in [5, 5.41) is 0. The number of unbranched alkanes of at least 4 members (excludes halogenated alkanes) is 1. The van der Waals surface area contributed by atoms with Gasteiger partial charge in [-0.2, -0.15) is 0 Å². The third-order valence-corrected chi connectivity index (χ3v) is 5.81. The highest BCUT2D eigenvalue weighted by Gasteiger charge is 2.03. The molecule has 0 amide bonds. The van der Waals surface area contributed by atoms with Gasteiger partial charge in [0.15, 0.2) is 0 Å². The summed E-state index contributed by atoms with van der Waals surface area (Å²) in [5.74, 6) is 0. The van der Waals surface area contributed by atoms with Gasteiger partial charge in [-0.1, -0.05) is 84.9 Å². The van der Waals surface area contributed by atoms with Crippen LogP contribution in [0.25, 0.3) is 6.08 Å². The smallest absolute Gasteiger partial charge is 0.0719 e. The zero-order valence-corrected chi connectivity index (χ0v) is 19.1. The molecule has 0 radical (unpaired) electrons. The number of hydrogen-bond donors (Lipinski definition) is 0. The molecule has 0 bridgehead atoms. The first-order valence-electron chi connectivity index (χ1n) is 11.7. The van der Waals surface area contributed by atoms with Crippen LogP contribution in [0.1, 0.15) is 60.1 Å². The third kappa shape index (κ3) is 7.84. The average molecular weight is 413 g/mol. The first-order valence-corrected chi connectivity index (χ1v) is 11.7. The van der Waals surface area contributed by atoms with Gasteiger partial charge in [-0.25, -0.2) is 0 Å². The van der Waals surface area contributed by atoms with Crippen LogP contribution in [-0.2, 0) is 37.0 Å². The normalized spacial score (nSPS) is 11.3. The molecule has 0 unspecified atom stereocenters. The van der Waals surface area contributed by atoms with E-state index in [0.717, 1.165) is 32.3 Å². The fourth-order valence-electron chi connectivity index (χ4n) is 3.95. The molecule has 3 rings (SSSR count). The Hall–Kier alpha value is -2.64. The molecule has 0 heterocycles. The molecule has 1 nitrogen and oxygen atoms in total. The number of ether oxygens (including phenoxy) is 1. The average Bonchev–Trinajstić information content (AvgIpc) is 2.81. The largest absolute Gasteiger partial charge is 0.377 e. The van der Waals surface area contributed by atoms with E-state index in [2.05, 4.69) is 91.9 Å². The summed E-state index contributed by atoms with van der Waals surface area (Å²) >= 11 is 0. The summed E-state index contributed by atoms with van der Waals surface area (Å²) in [6.45, 7) is 5.58. The molecular formula is C30H36O. The van der Waals surface area contributed by atoms with Crippen LogP contribution in [0.5, 0.6) is 0 Å². The molecule has 0 aliphatic heterocycles. The van der Waals surface area contributed by atoms with Crippen LogP contribution in [-0.4, -0.2) is 6.61 Å². The molecule has 1 heteroatoms. The van der Waals surface area contributed by atoms with Crippen molar-refractivity contribution in [1.82, 2.24) is 0 Å². The van der Waals surface area contributed by atoms with Crippen molar-refractivity contribution < 1.29 is 4.74 Å². The zero-order valence-electron chi connectivity index (χ0n) is 19.1. The molecule has 0 spiro atoms. The van der Waals surface area contributed by atoms with Crippen molar-refractivity contribution in [2.24, 2.45) is 0 Å². The van der Waals surface area contributed by atoms with Crippen molar-refractivity contribution in [1.29, 1.82) is 0 Å². The molecular weight excluding hydrogens is 376 g/mol. The SMILES string of the molecule is C/C=C\c1ccc(CCCCc2ccc(CCc3ccccc3COCC)cc2)cc1. The van der Waals surface area contributed by atoms with Gasteiger partial charge in [0.25, 0.3) is 0 Å². The Morgan fingerprint density at radius 2 is 1.19 bits per heavy atom. The van der Waals surface area contributed by atoms with Crippen molar-refractivity contribution in [2.45, 2.75) is 59.0 Å². The van der Waals surface area contributed by atoms with E-state index in [4.69, 9.17) is 4.74 Å². The van der Waals surface area contributed by atoms with Crippen LogP contribution in [0, 0.1) is 0 Å². The maximum Gasteiger partial charge on any atom is 0.0719 e. The molecule has 0 saturated heterocycles. The molecule has 0 atom stereocenters. The third-order valence-electron chi connectivity index (χ3n) is 5.81. The van der Waals surface area contributed by atoms with Gasteiger partial charge in [0.1, 0.15) is 0 Å². The van der Waals surface area contributed by atoms with Crippen LogP contribution < -0.4 is 0 Å². The maximum atomic E-state index is 5.62. The van der Waals surface area contributed by atoms with Gasteiger partial charge in [-0.05, 0) is 85.8 Å². The molecule has 0 aliphatic carbocycles. The Bertz CT molecular complexity index is 919. The highest BCUT2D eigenvalue weighted by atomic mass is 16.5. The zero-order chi connectivity index (χ0) is 21.7. The Kier molecular flexibility index (Phi) is 9.60. The number of aryl methyl sites for hydroxylation is 4. The highest BCUT2D eigenvalue weighted by Crippen LogP contribution is 2.16. The summed E-state index contributed by atoms with van der Waals surface area (Å²) in [4.78, 5) is 0. The lowest BCUT2D eigenvalue weighted by Gasteiger charge is -2.10. The van der Waals surface area contributed by atoms with Gasteiger partial charge in [-0.3, -0.25) is 0 Å². The Balaban J connectivity index is 1.41. The van der Waals surface area contributed by atoms with Gasteiger partial charge in [-0.15, -0.1) is 0 Å². The second-order valence-corrected chi connectivity index (χ2v) is 8.17. The van der Waals surface area contributed by atoms with E-state index in [9.17, 15) is 0 Å². The molecule has 0 fully saturated rings. The quantitative estimate of drug-likeness (QED) is 0.278. The van der Waals surface area contributed by atoms with Crippen LogP contribution in [0.15, 0.2) is 78.9 Å². The Morgan fingerprint density at radius 1 is 0.645 bits per heavy atom. The van der Waals surface area contributed by atoms with Gasteiger partial charge in [0.2, 0.25) is 0 Å². The van der Waals surface area contributed by atoms with E-state index in [1.165, 1.54) is 46.2 Å². The molecule has 0 saturated carbocycles. The van der Waals surface area contributed by atoms with Crippen LogP contribution in [0.4, 0.5) is 0 Å². The van der Waals surface area contributed by atoms with Crippen molar-refractivity contribution in [2.75, 3.05) is 6.61 Å². The Morgan fingerprint density at radius 3 is 1.77 bits per heavy atom. The lowest BCUT2D eigenvalue weighted by atomic mass is 9.98. The Labute approximate surface area is 188 Å². The molecule has 0 aromatic heterocycles. The molecule has 3 aromatic rings. The van der Waals surface area contributed by atoms with E-state index < -0.39 is 0 Å². The van der Waals surface area contributed by atoms with Gasteiger partial charge in [0.05, 0.1) is 6.61 Å². The predicted molar refractivity (Wildman–Crippen MR) is 133 cm³/mol. The van der Waals surface area contributed by atoms with Gasteiger partial charge < -0.3 is 4.74 Å². The second-order valence-electron chi connectivity index (χ2n) is 8.17. The number of rotatable bonds is 12.